The average molecular weight is 358 g/mol. The van der Waals surface area contributed by atoms with E-state index in [-0.39, 0.29) is 30.3 Å². The molecule has 0 aromatic heterocycles. The van der Waals surface area contributed by atoms with Gasteiger partial charge in [-0.2, -0.15) is 0 Å². The zero-order chi connectivity index (χ0) is 16.6. The summed E-state index contributed by atoms with van der Waals surface area (Å²) in [5.74, 6) is -0.643. The van der Waals surface area contributed by atoms with Crippen molar-refractivity contribution in [3.63, 3.8) is 0 Å². The number of rotatable bonds is 3. The fraction of sp³-hybridized carbons (Fsp3) is 0.824. The van der Waals surface area contributed by atoms with E-state index in [4.69, 9.17) is 0 Å². The fourth-order valence-electron chi connectivity index (χ4n) is 4.25. The van der Waals surface area contributed by atoms with Gasteiger partial charge in [0.25, 0.3) is 0 Å². The van der Waals surface area contributed by atoms with Crippen molar-refractivity contribution >= 4 is 30.3 Å². The van der Waals surface area contributed by atoms with Gasteiger partial charge in [0, 0.05) is 19.6 Å². The molecule has 3 aliphatic rings. The van der Waals surface area contributed by atoms with Gasteiger partial charge in [-0.1, -0.05) is 19.3 Å². The lowest BCUT2D eigenvalue weighted by Crippen LogP contribution is -2.67. The minimum absolute atomic E-state index is 0. The second kappa shape index (κ2) is 7.40. The number of imide groups is 2. The lowest BCUT2D eigenvalue weighted by molar-refractivity contribution is -0.159. The molecule has 0 bridgehead atoms. The van der Waals surface area contributed by atoms with Crippen LogP contribution >= 0.6 is 12.4 Å². The highest BCUT2D eigenvalue weighted by atomic mass is 35.5. The molecule has 2 aliphatic heterocycles. The van der Waals surface area contributed by atoms with Crippen LogP contribution in [-0.4, -0.2) is 65.3 Å². The summed E-state index contributed by atoms with van der Waals surface area (Å²) in [6.45, 7) is 3.99. The quantitative estimate of drug-likeness (QED) is 0.727. The number of amides is 4. The Labute approximate surface area is 149 Å². The van der Waals surface area contributed by atoms with E-state index in [2.05, 4.69) is 4.90 Å². The Kier molecular flexibility index (Phi) is 5.91. The van der Waals surface area contributed by atoms with Crippen molar-refractivity contribution in [2.24, 2.45) is 5.41 Å². The lowest BCUT2D eigenvalue weighted by Gasteiger charge is -2.45. The molecule has 0 N–H and O–H groups in total. The van der Waals surface area contributed by atoms with Crippen LogP contribution in [0.1, 0.15) is 51.9 Å². The Hall–Kier alpha value is -1.14. The highest BCUT2D eigenvalue weighted by molar-refractivity contribution is 6.19. The molecule has 3 rings (SSSR count). The zero-order valence-electron chi connectivity index (χ0n) is 14.6. The van der Waals surface area contributed by atoms with Gasteiger partial charge in [-0.25, -0.2) is 4.79 Å². The van der Waals surface area contributed by atoms with Crippen molar-refractivity contribution in [2.75, 3.05) is 26.7 Å². The highest BCUT2D eigenvalue weighted by Crippen LogP contribution is 2.35. The summed E-state index contributed by atoms with van der Waals surface area (Å²) in [4.78, 5) is 43.2. The zero-order valence-corrected chi connectivity index (χ0v) is 15.4. The van der Waals surface area contributed by atoms with Gasteiger partial charge in [0.1, 0.15) is 5.41 Å². The number of hydrogen-bond donors (Lipinski definition) is 0. The summed E-state index contributed by atoms with van der Waals surface area (Å²) in [5.41, 5.74) is -1.13. The number of nitrogens with zero attached hydrogens (tertiary/aromatic N) is 3. The second-order valence-electron chi connectivity index (χ2n) is 7.43. The smallest absolute Gasteiger partial charge is 0.302 e. The van der Waals surface area contributed by atoms with E-state index in [1.165, 1.54) is 11.9 Å². The molecule has 24 heavy (non-hydrogen) atoms. The van der Waals surface area contributed by atoms with Gasteiger partial charge in [0.2, 0.25) is 11.8 Å². The maximum absolute atomic E-state index is 13.1. The first-order chi connectivity index (χ1) is 10.9. The Bertz CT molecular complexity index is 515. The number of hydrogen-bond acceptors (Lipinski definition) is 4. The molecule has 0 radical (unpaired) electrons. The Morgan fingerprint density at radius 2 is 1.54 bits per heavy atom. The number of urea groups is 1. The molecule has 1 atom stereocenters. The van der Waals surface area contributed by atoms with E-state index >= 15 is 0 Å². The second-order valence-corrected chi connectivity index (χ2v) is 7.43. The highest BCUT2D eigenvalue weighted by Gasteiger charge is 2.55. The third-order valence-corrected chi connectivity index (χ3v) is 5.64. The van der Waals surface area contributed by atoms with Crippen molar-refractivity contribution in [3.05, 3.63) is 0 Å². The van der Waals surface area contributed by atoms with Crippen molar-refractivity contribution in [2.45, 2.75) is 57.9 Å². The lowest BCUT2D eigenvalue weighted by atomic mass is 9.82. The summed E-state index contributed by atoms with van der Waals surface area (Å²) >= 11 is 0. The van der Waals surface area contributed by atoms with Crippen molar-refractivity contribution in [3.8, 4) is 0 Å². The average Bonchev–Trinajstić information content (AvgIpc) is 3.06. The van der Waals surface area contributed by atoms with Gasteiger partial charge in [-0.3, -0.25) is 19.4 Å². The number of likely N-dealkylation sites (tertiary alicyclic amines) is 1. The van der Waals surface area contributed by atoms with E-state index in [9.17, 15) is 14.4 Å². The van der Waals surface area contributed by atoms with E-state index in [1.807, 2.05) is 0 Å². The first kappa shape index (κ1) is 19.2. The molecule has 136 valence electrons. The minimum atomic E-state index is -1.13. The number of barbiturate groups is 1. The topological polar surface area (TPSA) is 60.9 Å². The van der Waals surface area contributed by atoms with Crippen LogP contribution in [0.3, 0.4) is 0 Å². The van der Waals surface area contributed by atoms with Crippen LogP contribution in [-0.2, 0) is 9.59 Å². The van der Waals surface area contributed by atoms with Gasteiger partial charge in [0.05, 0.1) is 0 Å². The molecule has 1 saturated carbocycles. The van der Waals surface area contributed by atoms with Crippen LogP contribution in [0.15, 0.2) is 0 Å². The van der Waals surface area contributed by atoms with Crippen molar-refractivity contribution < 1.29 is 14.4 Å². The normalized spacial score (nSPS) is 30.0. The monoisotopic (exact) mass is 357 g/mol. The largest absolute Gasteiger partial charge is 0.333 e. The van der Waals surface area contributed by atoms with E-state index in [0.29, 0.717) is 6.54 Å². The standard InChI is InChI=1S/C17H27N3O3.ClH/c1-17(12-19-10-6-7-11-19)14(21)18(2)16(23)20(15(17)22)13-8-4-3-5-9-13;/h13H,3-12H2,1-2H3;1H. The van der Waals surface area contributed by atoms with Crippen LogP contribution < -0.4 is 0 Å². The predicted octanol–water partition coefficient (Wildman–Crippen LogP) is 2.26. The molecule has 7 heteroatoms. The van der Waals surface area contributed by atoms with Crippen LogP contribution in [0.2, 0.25) is 0 Å². The van der Waals surface area contributed by atoms with Crippen LogP contribution in [0, 0.1) is 5.41 Å². The van der Waals surface area contributed by atoms with Crippen molar-refractivity contribution in [1.29, 1.82) is 0 Å². The van der Waals surface area contributed by atoms with E-state index in [1.54, 1.807) is 6.92 Å². The molecule has 0 aromatic rings. The third-order valence-electron chi connectivity index (χ3n) is 5.64. The summed E-state index contributed by atoms with van der Waals surface area (Å²) in [7, 11) is 1.51. The molecule has 1 unspecified atom stereocenters. The molecule has 2 heterocycles. The summed E-state index contributed by atoms with van der Waals surface area (Å²) in [6, 6.07) is -0.483. The Balaban J connectivity index is 0.00000208. The molecule has 2 saturated heterocycles. The number of carbonyl (C=O) groups excluding carboxylic acids is 3. The first-order valence-electron chi connectivity index (χ1n) is 8.83. The summed E-state index contributed by atoms with van der Waals surface area (Å²) in [5, 5.41) is 0. The van der Waals surface area contributed by atoms with Crippen LogP contribution in [0.25, 0.3) is 0 Å². The molecule has 0 spiro atoms. The molecule has 0 aromatic carbocycles. The van der Waals surface area contributed by atoms with Crippen molar-refractivity contribution in [1.82, 2.24) is 14.7 Å². The third kappa shape index (κ3) is 3.18. The molecular formula is C17H28ClN3O3. The number of halogens is 1. The van der Waals surface area contributed by atoms with E-state index < -0.39 is 11.4 Å². The van der Waals surface area contributed by atoms with Gasteiger partial charge in [-0.05, 0) is 45.7 Å². The molecular weight excluding hydrogens is 330 g/mol. The minimum Gasteiger partial charge on any atom is -0.302 e. The van der Waals surface area contributed by atoms with Crippen LogP contribution in [0.5, 0.6) is 0 Å². The maximum atomic E-state index is 13.1. The first-order valence-corrected chi connectivity index (χ1v) is 8.83. The number of carbonyl (C=O) groups is 3. The molecule has 1 aliphatic carbocycles. The summed E-state index contributed by atoms with van der Waals surface area (Å²) < 4.78 is 0. The molecule has 3 fully saturated rings. The Morgan fingerprint density at radius 3 is 2.12 bits per heavy atom. The van der Waals surface area contributed by atoms with Gasteiger partial charge >= 0.3 is 6.03 Å². The van der Waals surface area contributed by atoms with Gasteiger partial charge in [0.15, 0.2) is 0 Å². The molecule has 4 amide bonds. The Morgan fingerprint density at radius 1 is 0.958 bits per heavy atom. The van der Waals surface area contributed by atoms with E-state index in [0.717, 1.165) is 62.9 Å². The SMILES string of the molecule is CN1C(=O)N(C2CCCCC2)C(=O)C(C)(CN2CCCC2)C1=O.Cl. The summed E-state index contributed by atoms with van der Waals surface area (Å²) in [6.07, 6.45) is 7.19. The van der Waals surface area contributed by atoms with Gasteiger partial charge in [-0.15, -0.1) is 12.4 Å². The molecule has 6 nitrogen and oxygen atoms in total. The van der Waals surface area contributed by atoms with Gasteiger partial charge < -0.3 is 4.90 Å². The fourth-order valence-corrected chi connectivity index (χ4v) is 4.25. The predicted molar refractivity (Wildman–Crippen MR) is 92.9 cm³/mol. The maximum Gasteiger partial charge on any atom is 0.333 e. The van der Waals surface area contributed by atoms with Crippen LogP contribution in [0.4, 0.5) is 4.79 Å².